The molecule has 0 amide bonds. The average molecular weight is 311 g/mol. The van der Waals surface area contributed by atoms with Crippen LogP contribution in [0.15, 0.2) is 36.9 Å². The summed E-state index contributed by atoms with van der Waals surface area (Å²) in [6, 6.07) is 3.96. The lowest BCUT2D eigenvalue weighted by molar-refractivity contribution is 0.302. The molecule has 0 aliphatic rings. The smallest absolute Gasteiger partial charge is 0.235 e. The Balaban J connectivity index is 2.07. The highest BCUT2D eigenvalue weighted by molar-refractivity contribution is 5.75. The van der Waals surface area contributed by atoms with Gasteiger partial charge in [0.1, 0.15) is 11.5 Å². The monoisotopic (exact) mass is 311 g/mol. The van der Waals surface area contributed by atoms with Crippen molar-refractivity contribution in [3.63, 3.8) is 0 Å². The number of imidazole rings is 1. The largest absolute Gasteiger partial charge is 0.367 e. The number of rotatable bonds is 4. The summed E-state index contributed by atoms with van der Waals surface area (Å²) in [5.41, 5.74) is 2.16. The zero-order valence-electron chi connectivity index (χ0n) is 14.5. The normalized spacial score (nSPS) is 12.7. The van der Waals surface area contributed by atoms with Crippen LogP contribution in [0.2, 0.25) is 0 Å². The summed E-state index contributed by atoms with van der Waals surface area (Å²) in [4.78, 5) is 12.2. The van der Waals surface area contributed by atoms with Crippen LogP contribution in [0.5, 0.6) is 0 Å². The van der Waals surface area contributed by atoms with Crippen LogP contribution in [0, 0.1) is 5.41 Å². The molecule has 0 bridgehead atoms. The van der Waals surface area contributed by atoms with Gasteiger partial charge in [-0.1, -0.05) is 20.8 Å². The first kappa shape index (κ1) is 15.6. The van der Waals surface area contributed by atoms with Gasteiger partial charge in [-0.25, -0.2) is 9.97 Å². The van der Waals surface area contributed by atoms with Gasteiger partial charge in [0.15, 0.2) is 0 Å². The van der Waals surface area contributed by atoms with Crippen molar-refractivity contribution in [1.82, 2.24) is 19.4 Å². The lowest BCUT2D eigenvalue weighted by atomic mass is 9.82. The molecule has 3 heterocycles. The number of fused-ring (bicyclic) bond motifs is 1. The SMILES string of the molecule is CC(C)(C)CC(C)(C)Nc1c(-c2cc[nH]c2)nc2ncccn12. The van der Waals surface area contributed by atoms with E-state index < -0.39 is 0 Å². The highest BCUT2D eigenvalue weighted by Crippen LogP contribution is 2.34. The maximum absolute atomic E-state index is 4.71. The molecule has 5 nitrogen and oxygen atoms in total. The van der Waals surface area contributed by atoms with E-state index in [2.05, 4.69) is 49.9 Å². The second-order valence-electron chi connectivity index (χ2n) is 7.94. The molecule has 0 spiro atoms. The molecule has 0 fully saturated rings. The van der Waals surface area contributed by atoms with Crippen molar-refractivity contribution in [3.8, 4) is 11.3 Å². The van der Waals surface area contributed by atoms with Gasteiger partial charge in [-0.05, 0) is 37.8 Å². The molecule has 0 aromatic carbocycles. The van der Waals surface area contributed by atoms with E-state index in [9.17, 15) is 0 Å². The second kappa shape index (κ2) is 5.41. The van der Waals surface area contributed by atoms with E-state index >= 15 is 0 Å². The van der Waals surface area contributed by atoms with E-state index in [1.165, 1.54) is 0 Å². The molecule has 0 atom stereocenters. The van der Waals surface area contributed by atoms with E-state index in [0.717, 1.165) is 23.5 Å². The van der Waals surface area contributed by atoms with E-state index in [4.69, 9.17) is 4.98 Å². The lowest BCUT2D eigenvalue weighted by Crippen LogP contribution is -2.36. The van der Waals surface area contributed by atoms with Gasteiger partial charge in [0, 0.05) is 35.9 Å². The van der Waals surface area contributed by atoms with Gasteiger partial charge in [0.2, 0.25) is 5.78 Å². The third kappa shape index (κ3) is 3.38. The average Bonchev–Trinajstić information content (AvgIpc) is 3.03. The topological polar surface area (TPSA) is 58.0 Å². The number of aromatic nitrogens is 4. The molecule has 0 aliphatic heterocycles. The van der Waals surface area contributed by atoms with Crippen LogP contribution in [0.25, 0.3) is 17.0 Å². The minimum atomic E-state index is -0.0604. The Morgan fingerprint density at radius 1 is 1.22 bits per heavy atom. The van der Waals surface area contributed by atoms with Crippen molar-refractivity contribution in [2.75, 3.05) is 5.32 Å². The summed E-state index contributed by atoms with van der Waals surface area (Å²) >= 11 is 0. The molecule has 122 valence electrons. The number of anilines is 1. The van der Waals surface area contributed by atoms with Crippen molar-refractivity contribution in [3.05, 3.63) is 36.9 Å². The summed E-state index contributed by atoms with van der Waals surface area (Å²) < 4.78 is 2.02. The molecule has 0 saturated heterocycles. The predicted octanol–water partition coefficient (Wildman–Crippen LogP) is 4.35. The van der Waals surface area contributed by atoms with Crippen molar-refractivity contribution < 1.29 is 0 Å². The number of H-pyrrole nitrogens is 1. The summed E-state index contributed by atoms with van der Waals surface area (Å²) in [5.74, 6) is 1.69. The molecule has 0 saturated carbocycles. The first-order valence-electron chi connectivity index (χ1n) is 8.00. The number of nitrogens with zero attached hydrogens (tertiary/aromatic N) is 3. The Labute approximate surface area is 137 Å². The Bertz CT molecular complexity index is 791. The third-order valence-electron chi connectivity index (χ3n) is 3.70. The summed E-state index contributed by atoms with van der Waals surface area (Å²) in [7, 11) is 0. The highest BCUT2D eigenvalue weighted by Gasteiger charge is 2.28. The fourth-order valence-electron chi connectivity index (χ4n) is 3.37. The molecule has 0 radical (unpaired) electrons. The standard InChI is InChI=1S/C18H25N5/c1-17(2,3)12-18(4,5)22-15-14(13-7-9-19-11-13)21-16-20-8-6-10-23(15)16/h6-11,19,22H,12H2,1-5H3. The minimum absolute atomic E-state index is 0.0604. The maximum atomic E-state index is 4.71. The van der Waals surface area contributed by atoms with Crippen LogP contribution in [0.4, 0.5) is 5.82 Å². The third-order valence-corrected chi connectivity index (χ3v) is 3.70. The number of hydrogen-bond acceptors (Lipinski definition) is 3. The molecule has 23 heavy (non-hydrogen) atoms. The molecule has 3 aromatic heterocycles. The van der Waals surface area contributed by atoms with Gasteiger partial charge in [-0.3, -0.25) is 4.40 Å². The molecule has 0 unspecified atom stereocenters. The Morgan fingerprint density at radius 3 is 2.65 bits per heavy atom. The number of nitrogens with one attached hydrogen (secondary N) is 2. The zero-order chi connectivity index (χ0) is 16.7. The van der Waals surface area contributed by atoms with E-state index in [1.54, 1.807) is 6.20 Å². The van der Waals surface area contributed by atoms with Gasteiger partial charge in [0.05, 0.1) is 0 Å². The van der Waals surface area contributed by atoms with Crippen molar-refractivity contribution in [1.29, 1.82) is 0 Å². The minimum Gasteiger partial charge on any atom is -0.367 e. The van der Waals surface area contributed by atoms with E-state index in [-0.39, 0.29) is 11.0 Å². The highest BCUT2D eigenvalue weighted by atomic mass is 15.2. The van der Waals surface area contributed by atoms with Crippen molar-refractivity contribution in [2.45, 2.75) is 46.6 Å². The van der Waals surface area contributed by atoms with E-state index in [0.29, 0.717) is 5.78 Å². The van der Waals surface area contributed by atoms with Gasteiger partial charge < -0.3 is 10.3 Å². The molecule has 5 heteroatoms. The van der Waals surface area contributed by atoms with Crippen LogP contribution in [-0.2, 0) is 0 Å². The summed E-state index contributed by atoms with van der Waals surface area (Å²) in [6.07, 6.45) is 8.69. The molecule has 3 rings (SSSR count). The fraction of sp³-hybridized carbons (Fsp3) is 0.444. The number of aromatic amines is 1. The summed E-state index contributed by atoms with van der Waals surface area (Å²) in [5, 5.41) is 3.70. The van der Waals surface area contributed by atoms with Gasteiger partial charge in [-0.15, -0.1) is 0 Å². The quantitative estimate of drug-likeness (QED) is 0.753. The molecule has 2 N–H and O–H groups in total. The van der Waals surface area contributed by atoms with Gasteiger partial charge in [-0.2, -0.15) is 0 Å². The molecule has 3 aromatic rings. The first-order valence-corrected chi connectivity index (χ1v) is 8.00. The van der Waals surface area contributed by atoms with Crippen LogP contribution >= 0.6 is 0 Å². The van der Waals surface area contributed by atoms with Crippen LogP contribution in [0.3, 0.4) is 0 Å². The van der Waals surface area contributed by atoms with E-state index in [1.807, 2.05) is 35.1 Å². The Morgan fingerprint density at radius 2 is 2.00 bits per heavy atom. The van der Waals surface area contributed by atoms with Crippen molar-refractivity contribution in [2.24, 2.45) is 5.41 Å². The number of hydrogen-bond donors (Lipinski definition) is 2. The first-order chi connectivity index (χ1) is 10.8. The lowest BCUT2D eigenvalue weighted by Gasteiger charge is -2.34. The van der Waals surface area contributed by atoms with Gasteiger partial charge >= 0.3 is 0 Å². The van der Waals surface area contributed by atoms with Crippen molar-refractivity contribution >= 4 is 11.6 Å². The molecular weight excluding hydrogens is 286 g/mol. The molecular formula is C18H25N5. The second-order valence-corrected chi connectivity index (χ2v) is 7.94. The Kier molecular flexibility index (Phi) is 3.66. The Hall–Kier alpha value is -2.30. The molecule has 0 aliphatic carbocycles. The van der Waals surface area contributed by atoms with Crippen LogP contribution in [-0.4, -0.2) is 24.9 Å². The van der Waals surface area contributed by atoms with Gasteiger partial charge in [0.25, 0.3) is 0 Å². The predicted molar refractivity (Wildman–Crippen MR) is 94.5 cm³/mol. The van der Waals surface area contributed by atoms with Crippen LogP contribution < -0.4 is 5.32 Å². The maximum Gasteiger partial charge on any atom is 0.235 e. The summed E-state index contributed by atoms with van der Waals surface area (Å²) in [6.45, 7) is 11.3. The van der Waals surface area contributed by atoms with Crippen LogP contribution in [0.1, 0.15) is 41.0 Å². The zero-order valence-corrected chi connectivity index (χ0v) is 14.5. The fourth-order valence-corrected chi connectivity index (χ4v) is 3.37.